The van der Waals surface area contributed by atoms with Crippen molar-refractivity contribution in [2.24, 2.45) is 0 Å². The molecule has 2 atom stereocenters. The Hall–Kier alpha value is -1.56. The SMILES string of the molecule is C=C(P)CCc1cc(O)c2c(O)cccc2c1OC(=C)P. The Morgan fingerprint density at radius 2 is 1.86 bits per heavy atom. The molecule has 2 N–H and O–H groups in total. The van der Waals surface area contributed by atoms with Crippen LogP contribution in [-0.4, -0.2) is 10.2 Å². The maximum absolute atomic E-state index is 10.2. The molecule has 0 bridgehead atoms. The van der Waals surface area contributed by atoms with Crippen LogP contribution in [0.5, 0.6) is 17.2 Å². The largest absolute Gasteiger partial charge is 0.507 e. The first kappa shape index (κ1) is 15.8. The highest BCUT2D eigenvalue weighted by molar-refractivity contribution is 7.22. The van der Waals surface area contributed by atoms with Crippen molar-refractivity contribution in [1.29, 1.82) is 0 Å². The van der Waals surface area contributed by atoms with Crippen molar-refractivity contribution in [3.8, 4) is 17.2 Å². The summed E-state index contributed by atoms with van der Waals surface area (Å²) in [4.78, 5) is 0. The second-order valence-electron chi connectivity index (χ2n) is 4.81. The second kappa shape index (κ2) is 6.47. The van der Waals surface area contributed by atoms with Gasteiger partial charge in [-0.05, 0) is 30.5 Å². The van der Waals surface area contributed by atoms with Crippen LogP contribution in [0.3, 0.4) is 0 Å². The van der Waals surface area contributed by atoms with E-state index in [1.807, 2.05) is 0 Å². The summed E-state index contributed by atoms with van der Waals surface area (Å²) in [7, 11) is 4.96. The zero-order chi connectivity index (χ0) is 15.6. The molecule has 0 aliphatic rings. The first-order valence-electron chi connectivity index (χ1n) is 6.42. The number of aryl methyl sites for hydroxylation is 1. The summed E-state index contributed by atoms with van der Waals surface area (Å²) in [5.74, 6) is 0.658. The second-order valence-corrected chi connectivity index (χ2v) is 6.27. The van der Waals surface area contributed by atoms with Crippen LogP contribution in [0.4, 0.5) is 0 Å². The third-order valence-electron chi connectivity index (χ3n) is 3.09. The molecule has 5 heteroatoms. The number of benzene rings is 2. The van der Waals surface area contributed by atoms with Gasteiger partial charge in [0, 0.05) is 5.39 Å². The van der Waals surface area contributed by atoms with Crippen molar-refractivity contribution >= 4 is 29.3 Å². The molecule has 0 aromatic heterocycles. The highest BCUT2D eigenvalue weighted by Crippen LogP contribution is 2.42. The van der Waals surface area contributed by atoms with E-state index in [1.165, 1.54) is 6.07 Å². The van der Waals surface area contributed by atoms with Crippen LogP contribution in [0.25, 0.3) is 10.8 Å². The fourth-order valence-corrected chi connectivity index (χ4v) is 2.47. The van der Waals surface area contributed by atoms with Gasteiger partial charge in [-0.1, -0.05) is 39.8 Å². The molecule has 0 amide bonds. The van der Waals surface area contributed by atoms with Crippen LogP contribution in [-0.2, 0) is 6.42 Å². The lowest BCUT2D eigenvalue weighted by Crippen LogP contribution is -1.96. The van der Waals surface area contributed by atoms with Gasteiger partial charge in [0.25, 0.3) is 0 Å². The van der Waals surface area contributed by atoms with E-state index in [4.69, 9.17) is 4.74 Å². The van der Waals surface area contributed by atoms with Crippen LogP contribution >= 0.6 is 18.5 Å². The van der Waals surface area contributed by atoms with E-state index < -0.39 is 0 Å². The Bertz CT molecular complexity index is 723. The molecule has 0 spiro atoms. The Morgan fingerprint density at radius 3 is 2.48 bits per heavy atom. The Labute approximate surface area is 128 Å². The number of phenolic OH excluding ortho intramolecular Hbond substituents is 2. The summed E-state index contributed by atoms with van der Waals surface area (Å²) in [6.07, 6.45) is 1.43. The summed E-state index contributed by atoms with van der Waals surface area (Å²) < 4.78 is 5.71. The van der Waals surface area contributed by atoms with Gasteiger partial charge in [0.1, 0.15) is 22.7 Å². The van der Waals surface area contributed by atoms with Crippen molar-refractivity contribution in [3.05, 3.63) is 53.8 Å². The molecule has 110 valence electrons. The average Bonchev–Trinajstić information content (AvgIpc) is 2.39. The van der Waals surface area contributed by atoms with E-state index in [1.54, 1.807) is 18.2 Å². The highest BCUT2D eigenvalue weighted by Gasteiger charge is 2.16. The molecule has 0 aliphatic heterocycles. The molecule has 2 unspecified atom stereocenters. The number of hydrogen-bond acceptors (Lipinski definition) is 3. The van der Waals surface area contributed by atoms with E-state index >= 15 is 0 Å². The number of hydrogen-bond donors (Lipinski definition) is 2. The van der Waals surface area contributed by atoms with Gasteiger partial charge in [-0.3, -0.25) is 0 Å². The van der Waals surface area contributed by atoms with Crippen molar-refractivity contribution < 1.29 is 14.9 Å². The molecule has 2 rings (SSSR count). The predicted molar refractivity (Wildman–Crippen MR) is 93.9 cm³/mol. The highest BCUT2D eigenvalue weighted by atomic mass is 31.0. The third-order valence-corrected chi connectivity index (χ3v) is 3.50. The van der Waals surface area contributed by atoms with Gasteiger partial charge in [0.2, 0.25) is 0 Å². The Kier molecular flexibility index (Phi) is 4.88. The quantitative estimate of drug-likeness (QED) is 0.638. The van der Waals surface area contributed by atoms with Gasteiger partial charge in [0.05, 0.1) is 5.39 Å². The lowest BCUT2D eigenvalue weighted by atomic mass is 10.00. The fraction of sp³-hybridized carbons (Fsp3) is 0.125. The smallest absolute Gasteiger partial charge is 0.138 e. The topological polar surface area (TPSA) is 49.7 Å². The summed E-state index contributed by atoms with van der Waals surface area (Å²) in [5, 5.41) is 22.2. The van der Waals surface area contributed by atoms with Crippen LogP contribution < -0.4 is 4.74 Å². The normalized spacial score (nSPS) is 10.6. The summed E-state index contributed by atoms with van der Waals surface area (Å²) >= 11 is 0. The standard InChI is InChI=1S/C16H18O3P2/c1-9(20)6-7-11-8-14(18)15-12(4-3-5-13(15)17)16(11)19-10(2)21/h3-5,8,17-18H,1-2,6-7,20-21H2. The molecular weight excluding hydrogens is 302 g/mol. The van der Waals surface area contributed by atoms with E-state index in [0.717, 1.165) is 17.3 Å². The average molecular weight is 320 g/mol. The molecule has 3 nitrogen and oxygen atoms in total. The van der Waals surface area contributed by atoms with Gasteiger partial charge < -0.3 is 14.9 Å². The van der Waals surface area contributed by atoms with Crippen molar-refractivity contribution in [2.45, 2.75) is 12.8 Å². The number of allylic oxidation sites excluding steroid dienone is 1. The monoisotopic (exact) mass is 320 g/mol. The van der Waals surface area contributed by atoms with Crippen LogP contribution in [0.2, 0.25) is 0 Å². The molecule has 2 aromatic rings. The van der Waals surface area contributed by atoms with Crippen molar-refractivity contribution in [1.82, 2.24) is 0 Å². The minimum Gasteiger partial charge on any atom is -0.507 e. The maximum atomic E-state index is 10.2. The Morgan fingerprint density at radius 1 is 1.14 bits per heavy atom. The molecule has 0 aliphatic carbocycles. The minimum atomic E-state index is 0.0197. The predicted octanol–water partition coefficient (Wildman–Crippen LogP) is 4.30. The number of rotatable bonds is 5. The van der Waals surface area contributed by atoms with Gasteiger partial charge >= 0.3 is 0 Å². The van der Waals surface area contributed by atoms with Gasteiger partial charge in [-0.2, -0.15) is 0 Å². The number of fused-ring (bicyclic) bond motifs is 1. The summed E-state index contributed by atoms with van der Waals surface area (Å²) in [6, 6.07) is 6.68. The van der Waals surface area contributed by atoms with Gasteiger partial charge in [-0.15, -0.1) is 9.24 Å². The van der Waals surface area contributed by atoms with E-state index in [9.17, 15) is 10.2 Å². The zero-order valence-corrected chi connectivity index (χ0v) is 13.9. The Balaban J connectivity index is 2.66. The van der Waals surface area contributed by atoms with Gasteiger partial charge in [0.15, 0.2) is 0 Å². The molecule has 0 radical (unpaired) electrons. The van der Waals surface area contributed by atoms with Crippen LogP contribution in [0.1, 0.15) is 12.0 Å². The molecule has 21 heavy (non-hydrogen) atoms. The molecule has 0 saturated carbocycles. The van der Waals surface area contributed by atoms with Crippen LogP contribution in [0.15, 0.2) is 48.2 Å². The van der Waals surface area contributed by atoms with Crippen LogP contribution in [0, 0.1) is 0 Å². The number of aromatic hydroxyl groups is 2. The number of phenols is 2. The van der Waals surface area contributed by atoms with Crippen molar-refractivity contribution in [3.63, 3.8) is 0 Å². The van der Waals surface area contributed by atoms with E-state index in [0.29, 0.717) is 28.4 Å². The first-order valence-corrected chi connectivity index (χ1v) is 7.57. The van der Waals surface area contributed by atoms with Crippen molar-refractivity contribution in [2.75, 3.05) is 0 Å². The molecule has 0 fully saturated rings. The van der Waals surface area contributed by atoms with E-state index in [2.05, 4.69) is 31.6 Å². The first-order chi connectivity index (χ1) is 9.90. The third kappa shape index (κ3) is 3.56. The molecule has 2 aromatic carbocycles. The number of ether oxygens (including phenoxy) is 1. The summed E-state index contributed by atoms with van der Waals surface area (Å²) in [5.41, 5.74) is 1.31. The molecule has 0 heterocycles. The lowest BCUT2D eigenvalue weighted by Gasteiger charge is -2.16. The van der Waals surface area contributed by atoms with Gasteiger partial charge in [-0.25, -0.2) is 0 Å². The molecule has 0 saturated heterocycles. The zero-order valence-electron chi connectivity index (χ0n) is 11.6. The minimum absolute atomic E-state index is 0.0197. The lowest BCUT2D eigenvalue weighted by molar-refractivity contribution is 0.452. The summed E-state index contributed by atoms with van der Waals surface area (Å²) in [6.45, 7) is 7.59. The fourth-order valence-electron chi connectivity index (χ4n) is 2.21. The maximum Gasteiger partial charge on any atom is 0.138 e. The van der Waals surface area contributed by atoms with E-state index in [-0.39, 0.29) is 11.5 Å². The molecular formula is C16H18O3P2.